The normalized spacial score (nSPS) is 14.3. The molecule has 0 aromatic heterocycles. The van der Waals surface area contributed by atoms with E-state index in [2.05, 4.69) is 33.9 Å². The minimum absolute atomic E-state index is 0.00611. The summed E-state index contributed by atoms with van der Waals surface area (Å²) in [7, 11) is -2.10. The van der Waals surface area contributed by atoms with E-state index in [0.717, 1.165) is 0 Å². The summed E-state index contributed by atoms with van der Waals surface area (Å²) in [6, 6.07) is 0. The number of rotatable bonds is 7. The number of esters is 2. The molecule has 0 saturated heterocycles. The number of ether oxygens (including phenoxy) is 2. The second-order valence-corrected chi connectivity index (χ2v) is 13.1. The van der Waals surface area contributed by atoms with Crippen LogP contribution in [0.2, 0.25) is 18.1 Å². The maximum atomic E-state index is 12.1. The van der Waals surface area contributed by atoms with Crippen LogP contribution in [0.4, 0.5) is 0 Å². The molecule has 0 saturated carbocycles. The van der Waals surface area contributed by atoms with Crippen LogP contribution in [0, 0.1) is 0 Å². The molecule has 0 aromatic carbocycles. The predicted octanol–water partition coefficient (Wildman–Crippen LogP) is 4.06. The highest BCUT2D eigenvalue weighted by Crippen LogP contribution is 2.38. The SMILES string of the molecule is CCOC(=O)CC(CC(=O)OC(C)(C)C)O[Si](C)(C)C(C)(C)C. The summed E-state index contributed by atoms with van der Waals surface area (Å²) in [4.78, 5) is 23.9. The van der Waals surface area contributed by atoms with Gasteiger partial charge in [-0.3, -0.25) is 9.59 Å². The number of hydrogen-bond donors (Lipinski definition) is 0. The molecule has 0 heterocycles. The largest absolute Gasteiger partial charge is 0.466 e. The Morgan fingerprint density at radius 1 is 0.957 bits per heavy atom. The van der Waals surface area contributed by atoms with Gasteiger partial charge in [0.05, 0.1) is 25.6 Å². The van der Waals surface area contributed by atoms with Crippen LogP contribution in [0.15, 0.2) is 0 Å². The Bertz CT molecular complexity index is 404. The maximum Gasteiger partial charge on any atom is 0.308 e. The molecule has 0 spiro atoms. The fourth-order valence-electron chi connectivity index (χ4n) is 1.72. The second-order valence-electron chi connectivity index (χ2n) is 8.30. The Morgan fingerprint density at radius 2 is 1.43 bits per heavy atom. The van der Waals surface area contributed by atoms with Crippen molar-refractivity contribution in [2.75, 3.05) is 6.61 Å². The third-order valence-electron chi connectivity index (χ3n) is 3.78. The highest BCUT2D eigenvalue weighted by molar-refractivity contribution is 6.74. The van der Waals surface area contributed by atoms with Gasteiger partial charge in [0.1, 0.15) is 5.60 Å². The molecule has 0 aliphatic rings. The first-order valence-corrected chi connectivity index (χ1v) is 11.1. The molecule has 1 atom stereocenters. The lowest BCUT2D eigenvalue weighted by Gasteiger charge is -2.39. The van der Waals surface area contributed by atoms with Crippen LogP contribution in [-0.2, 0) is 23.5 Å². The van der Waals surface area contributed by atoms with Gasteiger partial charge >= 0.3 is 11.9 Å². The highest BCUT2D eigenvalue weighted by Gasteiger charge is 2.40. The number of hydrogen-bond acceptors (Lipinski definition) is 5. The zero-order chi connectivity index (χ0) is 18.5. The van der Waals surface area contributed by atoms with E-state index < -0.39 is 20.0 Å². The van der Waals surface area contributed by atoms with Gasteiger partial charge in [-0.2, -0.15) is 0 Å². The van der Waals surface area contributed by atoms with Crippen LogP contribution in [0.1, 0.15) is 61.3 Å². The van der Waals surface area contributed by atoms with Crippen LogP contribution < -0.4 is 0 Å². The zero-order valence-electron chi connectivity index (χ0n) is 16.2. The molecule has 0 aromatic rings. The van der Waals surface area contributed by atoms with Gasteiger partial charge in [-0.1, -0.05) is 20.8 Å². The van der Waals surface area contributed by atoms with Gasteiger partial charge in [0.15, 0.2) is 8.32 Å². The first kappa shape index (κ1) is 22.1. The Kier molecular flexibility index (Phi) is 7.97. The van der Waals surface area contributed by atoms with E-state index in [1.54, 1.807) is 6.92 Å². The molecule has 0 radical (unpaired) electrons. The summed E-state index contributed by atoms with van der Waals surface area (Å²) in [6.45, 7) is 18.1. The van der Waals surface area contributed by atoms with Crippen molar-refractivity contribution < 1.29 is 23.5 Å². The third-order valence-corrected chi connectivity index (χ3v) is 8.32. The van der Waals surface area contributed by atoms with E-state index in [9.17, 15) is 9.59 Å². The highest BCUT2D eigenvalue weighted by atomic mass is 28.4. The quantitative estimate of drug-likeness (QED) is 0.514. The van der Waals surface area contributed by atoms with E-state index in [-0.39, 0.29) is 29.8 Å². The van der Waals surface area contributed by atoms with E-state index in [1.165, 1.54) is 0 Å². The maximum absolute atomic E-state index is 12.1. The minimum atomic E-state index is -2.10. The summed E-state index contributed by atoms with van der Waals surface area (Å²) in [5.74, 6) is -0.703. The monoisotopic (exact) mass is 346 g/mol. The fraction of sp³-hybridized carbons (Fsp3) is 0.882. The predicted molar refractivity (Wildman–Crippen MR) is 93.8 cm³/mol. The van der Waals surface area contributed by atoms with Crippen molar-refractivity contribution in [1.29, 1.82) is 0 Å². The smallest absolute Gasteiger partial charge is 0.308 e. The molecule has 0 rings (SSSR count). The Morgan fingerprint density at radius 3 is 1.83 bits per heavy atom. The van der Waals surface area contributed by atoms with Crippen molar-refractivity contribution in [3.05, 3.63) is 0 Å². The molecule has 23 heavy (non-hydrogen) atoms. The molecule has 0 aliphatic heterocycles. The van der Waals surface area contributed by atoms with E-state index in [0.29, 0.717) is 6.61 Å². The van der Waals surface area contributed by atoms with Gasteiger partial charge in [-0.25, -0.2) is 0 Å². The molecule has 0 fully saturated rings. The lowest BCUT2D eigenvalue weighted by Crippen LogP contribution is -2.45. The average Bonchev–Trinajstić information content (AvgIpc) is 2.23. The van der Waals surface area contributed by atoms with Crippen LogP contribution in [0.3, 0.4) is 0 Å². The minimum Gasteiger partial charge on any atom is -0.466 e. The van der Waals surface area contributed by atoms with Crippen molar-refractivity contribution in [1.82, 2.24) is 0 Å². The standard InChI is InChI=1S/C17H34O5Si/c1-10-20-14(18)11-13(12-15(19)21-16(2,3)4)22-23(8,9)17(5,6)7/h13H,10-12H2,1-9H3. The van der Waals surface area contributed by atoms with E-state index in [4.69, 9.17) is 13.9 Å². The fourth-order valence-corrected chi connectivity index (χ4v) is 3.08. The first-order valence-electron chi connectivity index (χ1n) is 8.23. The van der Waals surface area contributed by atoms with Crippen molar-refractivity contribution in [2.45, 2.75) is 91.1 Å². The number of carbonyl (C=O) groups is 2. The molecule has 0 amide bonds. The summed E-state index contributed by atoms with van der Waals surface area (Å²) in [6.07, 6.45) is -0.382. The third kappa shape index (κ3) is 9.10. The van der Waals surface area contributed by atoms with Crippen LogP contribution >= 0.6 is 0 Å². The second kappa shape index (κ2) is 8.28. The van der Waals surface area contributed by atoms with Crippen LogP contribution in [0.25, 0.3) is 0 Å². The molecule has 5 nitrogen and oxygen atoms in total. The van der Waals surface area contributed by atoms with Crippen molar-refractivity contribution in [3.8, 4) is 0 Å². The molecule has 0 bridgehead atoms. The van der Waals surface area contributed by atoms with E-state index >= 15 is 0 Å². The van der Waals surface area contributed by atoms with Gasteiger partial charge in [-0.15, -0.1) is 0 Å². The molecule has 1 unspecified atom stereocenters. The summed E-state index contributed by atoms with van der Waals surface area (Å²) < 4.78 is 16.6. The molecular formula is C17H34O5Si. The van der Waals surface area contributed by atoms with Crippen molar-refractivity contribution >= 4 is 20.3 Å². The Labute approximate surface area is 142 Å². The van der Waals surface area contributed by atoms with Gasteiger partial charge < -0.3 is 13.9 Å². The van der Waals surface area contributed by atoms with Gasteiger partial charge in [0.25, 0.3) is 0 Å². The average molecular weight is 347 g/mol. The summed E-state index contributed by atoms with van der Waals surface area (Å²) in [5.41, 5.74) is -0.553. The molecule has 6 heteroatoms. The van der Waals surface area contributed by atoms with Gasteiger partial charge in [0.2, 0.25) is 0 Å². The summed E-state index contributed by atoms with van der Waals surface area (Å²) >= 11 is 0. The molecule has 136 valence electrons. The molecular weight excluding hydrogens is 312 g/mol. The molecule has 0 N–H and O–H groups in total. The lowest BCUT2D eigenvalue weighted by molar-refractivity contribution is -0.157. The van der Waals surface area contributed by atoms with Crippen LogP contribution in [0.5, 0.6) is 0 Å². The van der Waals surface area contributed by atoms with Crippen LogP contribution in [-0.4, -0.2) is 38.6 Å². The summed E-state index contributed by atoms with van der Waals surface area (Å²) in [5, 5.41) is -0.00611. The Balaban J connectivity index is 5.02. The van der Waals surface area contributed by atoms with Crippen molar-refractivity contribution in [2.24, 2.45) is 0 Å². The first-order chi connectivity index (χ1) is 10.2. The van der Waals surface area contributed by atoms with Gasteiger partial charge in [-0.05, 0) is 45.8 Å². The van der Waals surface area contributed by atoms with Crippen molar-refractivity contribution in [3.63, 3.8) is 0 Å². The Hall–Kier alpha value is -0.883. The van der Waals surface area contributed by atoms with Gasteiger partial charge in [0, 0.05) is 0 Å². The number of carbonyl (C=O) groups excluding carboxylic acids is 2. The lowest BCUT2D eigenvalue weighted by atomic mass is 10.1. The van der Waals surface area contributed by atoms with E-state index in [1.807, 2.05) is 20.8 Å². The topological polar surface area (TPSA) is 61.8 Å². The zero-order valence-corrected chi connectivity index (χ0v) is 17.2. The molecule has 0 aliphatic carbocycles.